The fourth-order valence-corrected chi connectivity index (χ4v) is 4.89. The molecule has 0 aliphatic carbocycles. The Labute approximate surface area is 166 Å². The summed E-state index contributed by atoms with van der Waals surface area (Å²) in [6.45, 7) is 6.38. The van der Waals surface area contributed by atoms with Gasteiger partial charge in [0.15, 0.2) is 0 Å². The van der Waals surface area contributed by atoms with E-state index in [0.717, 1.165) is 25.7 Å². The molecule has 1 aliphatic rings. The molecule has 1 aliphatic heterocycles. The SMILES string of the molecule is Cc1nc(C)c(C(C)N(C)C(=O)C2CC(=O)N(c3ccccc3Br)C2)s1. The van der Waals surface area contributed by atoms with Crippen molar-refractivity contribution in [1.29, 1.82) is 0 Å². The van der Waals surface area contributed by atoms with Gasteiger partial charge >= 0.3 is 0 Å². The minimum Gasteiger partial charge on any atom is -0.338 e. The van der Waals surface area contributed by atoms with Crippen LogP contribution in [0, 0.1) is 19.8 Å². The van der Waals surface area contributed by atoms with Gasteiger partial charge in [0.2, 0.25) is 11.8 Å². The summed E-state index contributed by atoms with van der Waals surface area (Å²) in [5, 5.41) is 1.00. The number of nitrogens with zero attached hydrogens (tertiary/aromatic N) is 3. The number of para-hydroxylation sites is 1. The van der Waals surface area contributed by atoms with Crippen LogP contribution in [0.2, 0.25) is 0 Å². The second kappa shape index (κ2) is 7.48. The quantitative estimate of drug-likeness (QED) is 0.726. The Morgan fingerprint density at radius 2 is 2.08 bits per heavy atom. The number of amides is 2. The second-order valence-corrected chi connectivity index (χ2v) is 8.75. The molecule has 7 heteroatoms. The van der Waals surface area contributed by atoms with Crippen molar-refractivity contribution in [2.75, 3.05) is 18.5 Å². The van der Waals surface area contributed by atoms with Crippen LogP contribution in [0.4, 0.5) is 5.69 Å². The topological polar surface area (TPSA) is 53.5 Å². The number of aryl methyl sites for hydroxylation is 2. The number of thiazole rings is 1. The highest BCUT2D eigenvalue weighted by Crippen LogP contribution is 2.34. The third-order valence-corrected chi connectivity index (χ3v) is 6.78. The van der Waals surface area contributed by atoms with Crippen LogP contribution in [0.15, 0.2) is 28.7 Å². The van der Waals surface area contributed by atoms with E-state index in [1.807, 2.05) is 52.1 Å². The number of carbonyl (C=O) groups is 2. The summed E-state index contributed by atoms with van der Waals surface area (Å²) < 4.78 is 0.860. The zero-order chi connectivity index (χ0) is 19.0. The third-order valence-electron chi connectivity index (χ3n) is 4.86. The van der Waals surface area contributed by atoms with Crippen LogP contribution in [-0.2, 0) is 9.59 Å². The first kappa shape index (κ1) is 19.0. The Kier molecular flexibility index (Phi) is 5.48. The highest BCUT2D eigenvalue weighted by atomic mass is 79.9. The molecule has 1 saturated heterocycles. The maximum absolute atomic E-state index is 13.0. The monoisotopic (exact) mass is 435 g/mol. The number of aromatic nitrogens is 1. The van der Waals surface area contributed by atoms with Crippen LogP contribution in [-0.4, -0.2) is 35.3 Å². The Balaban J connectivity index is 1.75. The fourth-order valence-electron chi connectivity index (χ4n) is 3.37. The lowest BCUT2D eigenvalue weighted by molar-refractivity contribution is -0.136. The first-order valence-electron chi connectivity index (χ1n) is 8.55. The number of halogens is 1. The Bertz CT molecular complexity index is 851. The largest absolute Gasteiger partial charge is 0.338 e. The molecule has 2 heterocycles. The highest BCUT2D eigenvalue weighted by molar-refractivity contribution is 9.10. The van der Waals surface area contributed by atoms with Gasteiger partial charge in [0.25, 0.3) is 0 Å². The van der Waals surface area contributed by atoms with Crippen molar-refractivity contribution in [3.05, 3.63) is 44.3 Å². The van der Waals surface area contributed by atoms with Crippen LogP contribution in [0.5, 0.6) is 0 Å². The molecule has 1 aromatic heterocycles. The lowest BCUT2D eigenvalue weighted by atomic mass is 10.1. The van der Waals surface area contributed by atoms with Crippen LogP contribution >= 0.6 is 27.3 Å². The molecule has 0 spiro atoms. The molecular weight excluding hydrogens is 414 g/mol. The molecule has 2 unspecified atom stereocenters. The van der Waals surface area contributed by atoms with Gasteiger partial charge in [-0.2, -0.15) is 0 Å². The normalized spacial score (nSPS) is 18.3. The van der Waals surface area contributed by atoms with Gasteiger partial charge < -0.3 is 9.80 Å². The van der Waals surface area contributed by atoms with Crippen molar-refractivity contribution < 1.29 is 9.59 Å². The zero-order valence-corrected chi connectivity index (χ0v) is 17.7. The molecule has 5 nitrogen and oxygen atoms in total. The molecule has 1 fully saturated rings. The van der Waals surface area contributed by atoms with Gasteiger partial charge in [-0.05, 0) is 48.8 Å². The Morgan fingerprint density at radius 1 is 1.38 bits per heavy atom. The van der Waals surface area contributed by atoms with E-state index < -0.39 is 0 Å². The van der Waals surface area contributed by atoms with Gasteiger partial charge in [-0.1, -0.05) is 12.1 Å². The van der Waals surface area contributed by atoms with E-state index in [1.165, 1.54) is 0 Å². The average molecular weight is 436 g/mol. The molecule has 0 radical (unpaired) electrons. The Hall–Kier alpha value is -1.73. The average Bonchev–Trinajstić information content (AvgIpc) is 3.15. The summed E-state index contributed by atoms with van der Waals surface area (Å²) in [5.74, 6) is -0.330. The van der Waals surface area contributed by atoms with Crippen LogP contribution < -0.4 is 4.90 Å². The smallest absolute Gasteiger partial charge is 0.228 e. The molecule has 0 bridgehead atoms. The number of hydrogen-bond acceptors (Lipinski definition) is 4. The summed E-state index contributed by atoms with van der Waals surface area (Å²) in [4.78, 5) is 34.5. The number of anilines is 1. The summed E-state index contributed by atoms with van der Waals surface area (Å²) >= 11 is 5.11. The fraction of sp³-hybridized carbons (Fsp3) is 0.421. The molecule has 2 amide bonds. The summed E-state index contributed by atoms with van der Waals surface area (Å²) in [6.07, 6.45) is 0.248. The second-order valence-electron chi connectivity index (χ2n) is 6.66. The molecular formula is C19H22BrN3O2S. The maximum atomic E-state index is 13.0. The number of carbonyl (C=O) groups excluding carboxylic acids is 2. The van der Waals surface area contributed by atoms with Gasteiger partial charge in [0.1, 0.15) is 0 Å². The summed E-state index contributed by atoms with van der Waals surface area (Å²) in [6, 6.07) is 7.55. The third kappa shape index (κ3) is 3.55. The predicted molar refractivity (Wildman–Crippen MR) is 107 cm³/mol. The first-order chi connectivity index (χ1) is 12.3. The molecule has 1 aromatic carbocycles. The standard InChI is InChI=1S/C19H22BrN3O2S/c1-11-18(26-13(3)21-11)12(2)22(4)19(25)14-9-17(24)23(10-14)16-8-6-5-7-15(16)20/h5-8,12,14H,9-10H2,1-4H3. The van der Waals surface area contributed by atoms with E-state index in [2.05, 4.69) is 20.9 Å². The van der Waals surface area contributed by atoms with Crippen LogP contribution in [0.1, 0.15) is 35.0 Å². The van der Waals surface area contributed by atoms with E-state index in [1.54, 1.807) is 21.1 Å². The maximum Gasteiger partial charge on any atom is 0.228 e. The first-order valence-corrected chi connectivity index (χ1v) is 10.2. The van der Waals surface area contributed by atoms with Crippen molar-refractivity contribution in [1.82, 2.24) is 9.88 Å². The van der Waals surface area contributed by atoms with Crippen LogP contribution in [0.3, 0.4) is 0 Å². The van der Waals surface area contributed by atoms with Gasteiger partial charge in [0, 0.05) is 29.4 Å². The molecule has 0 N–H and O–H groups in total. The number of benzene rings is 1. The highest BCUT2D eigenvalue weighted by Gasteiger charge is 2.38. The number of hydrogen-bond donors (Lipinski definition) is 0. The molecule has 3 rings (SSSR count). The molecule has 2 aromatic rings. The Morgan fingerprint density at radius 3 is 2.69 bits per heavy atom. The molecule has 138 valence electrons. The lowest BCUT2D eigenvalue weighted by Gasteiger charge is -2.27. The minimum atomic E-state index is -0.323. The van der Waals surface area contributed by atoms with Crippen molar-refractivity contribution >= 4 is 44.8 Å². The summed E-state index contributed by atoms with van der Waals surface area (Å²) in [7, 11) is 1.81. The van der Waals surface area contributed by atoms with E-state index in [-0.39, 0.29) is 30.2 Å². The molecule has 26 heavy (non-hydrogen) atoms. The van der Waals surface area contributed by atoms with E-state index >= 15 is 0 Å². The van der Waals surface area contributed by atoms with Crippen molar-refractivity contribution in [3.63, 3.8) is 0 Å². The van der Waals surface area contributed by atoms with Crippen molar-refractivity contribution in [2.45, 2.75) is 33.2 Å². The van der Waals surface area contributed by atoms with E-state index in [4.69, 9.17) is 0 Å². The van der Waals surface area contributed by atoms with E-state index in [9.17, 15) is 9.59 Å². The molecule has 2 atom stereocenters. The minimum absolute atomic E-state index is 0.00542. The zero-order valence-electron chi connectivity index (χ0n) is 15.3. The van der Waals surface area contributed by atoms with Gasteiger partial charge in [-0.25, -0.2) is 4.98 Å². The number of rotatable bonds is 4. The predicted octanol–water partition coefficient (Wildman–Crippen LogP) is 4.09. The van der Waals surface area contributed by atoms with Gasteiger partial charge in [-0.15, -0.1) is 11.3 Å². The van der Waals surface area contributed by atoms with E-state index in [0.29, 0.717) is 6.54 Å². The lowest BCUT2D eigenvalue weighted by Crippen LogP contribution is -2.36. The van der Waals surface area contributed by atoms with Gasteiger partial charge in [0.05, 0.1) is 28.3 Å². The van der Waals surface area contributed by atoms with Gasteiger partial charge in [-0.3, -0.25) is 9.59 Å². The summed E-state index contributed by atoms with van der Waals surface area (Å²) in [5.41, 5.74) is 1.79. The van der Waals surface area contributed by atoms with Crippen LogP contribution in [0.25, 0.3) is 0 Å². The van der Waals surface area contributed by atoms with Crippen molar-refractivity contribution in [2.24, 2.45) is 5.92 Å². The van der Waals surface area contributed by atoms with Crippen molar-refractivity contribution in [3.8, 4) is 0 Å². The molecule has 0 saturated carbocycles.